The van der Waals surface area contributed by atoms with Crippen LogP contribution in [0, 0.1) is 5.92 Å². The molecule has 0 aromatic rings. The van der Waals surface area contributed by atoms with Gasteiger partial charge in [0, 0.05) is 0 Å². The van der Waals surface area contributed by atoms with Crippen LogP contribution in [0.3, 0.4) is 0 Å². The maximum atomic E-state index is 12.4. The van der Waals surface area contributed by atoms with E-state index in [-0.39, 0.29) is 18.8 Å². The normalized spacial score (nSPS) is 34.5. The fourth-order valence-corrected chi connectivity index (χ4v) is 1.93. The van der Waals surface area contributed by atoms with Gasteiger partial charge in [0.25, 0.3) is 0 Å². The monoisotopic (exact) mass is 211 g/mol. The molecule has 2 N–H and O–H groups in total. The molecule has 1 aliphatic rings. The van der Waals surface area contributed by atoms with Crippen molar-refractivity contribution in [2.24, 2.45) is 5.92 Å². The number of nitrogens with one attached hydrogen (secondary N) is 1. The van der Waals surface area contributed by atoms with Gasteiger partial charge in [0.15, 0.2) is 5.60 Å². The number of halogens is 3. The van der Waals surface area contributed by atoms with Crippen LogP contribution in [-0.2, 0) is 0 Å². The lowest BCUT2D eigenvalue weighted by Gasteiger charge is -2.37. The van der Waals surface area contributed by atoms with Gasteiger partial charge in [0.1, 0.15) is 0 Å². The Bertz CT molecular complexity index is 185. The SMILES string of the molecule is CNC[C@H]1CC[C@@](O)(C(F)(F)F)CC1. The van der Waals surface area contributed by atoms with E-state index in [1.807, 2.05) is 0 Å². The van der Waals surface area contributed by atoms with Crippen molar-refractivity contribution in [3.8, 4) is 0 Å². The van der Waals surface area contributed by atoms with Crippen molar-refractivity contribution in [1.82, 2.24) is 5.32 Å². The fourth-order valence-electron chi connectivity index (χ4n) is 1.93. The second-order valence-corrected chi connectivity index (χ2v) is 4.03. The Hall–Kier alpha value is -0.290. The largest absolute Gasteiger partial charge is 0.417 e. The zero-order valence-corrected chi connectivity index (χ0v) is 8.19. The molecule has 0 saturated heterocycles. The van der Waals surface area contributed by atoms with E-state index in [9.17, 15) is 18.3 Å². The lowest BCUT2D eigenvalue weighted by atomic mass is 9.78. The summed E-state index contributed by atoms with van der Waals surface area (Å²) in [5.41, 5.74) is -2.43. The van der Waals surface area contributed by atoms with E-state index < -0.39 is 11.8 Å². The zero-order valence-electron chi connectivity index (χ0n) is 8.19. The summed E-state index contributed by atoms with van der Waals surface area (Å²) < 4.78 is 37.1. The molecule has 0 radical (unpaired) electrons. The van der Waals surface area contributed by atoms with Crippen LogP contribution in [0.15, 0.2) is 0 Å². The number of aliphatic hydroxyl groups is 1. The molecule has 0 aromatic heterocycles. The van der Waals surface area contributed by atoms with Gasteiger partial charge in [-0.05, 0) is 45.2 Å². The third kappa shape index (κ3) is 2.39. The standard InChI is InChI=1S/C9H16F3NO/c1-13-6-7-2-4-8(14,5-3-7)9(10,11)12/h7,13-14H,2-6H2,1H3/t7-,8-. The molecule has 0 atom stereocenters. The Balaban J connectivity index is 2.49. The maximum Gasteiger partial charge on any atom is 0.417 e. The van der Waals surface area contributed by atoms with Crippen LogP contribution in [0.4, 0.5) is 13.2 Å². The summed E-state index contributed by atoms with van der Waals surface area (Å²) in [5.74, 6) is 0.266. The van der Waals surface area contributed by atoms with E-state index in [2.05, 4.69) is 5.32 Å². The molecule has 2 nitrogen and oxygen atoms in total. The van der Waals surface area contributed by atoms with Crippen molar-refractivity contribution < 1.29 is 18.3 Å². The van der Waals surface area contributed by atoms with Crippen LogP contribution in [0.25, 0.3) is 0 Å². The Labute approximate surface area is 81.5 Å². The maximum absolute atomic E-state index is 12.4. The van der Waals surface area contributed by atoms with Crippen LogP contribution < -0.4 is 5.32 Å². The summed E-state index contributed by atoms with van der Waals surface area (Å²) in [5, 5.41) is 12.3. The summed E-state index contributed by atoms with van der Waals surface area (Å²) in [6.07, 6.45) is -3.92. The highest BCUT2D eigenvalue weighted by Crippen LogP contribution is 2.42. The quantitative estimate of drug-likeness (QED) is 0.728. The average molecular weight is 211 g/mol. The fraction of sp³-hybridized carbons (Fsp3) is 1.00. The van der Waals surface area contributed by atoms with E-state index in [0.29, 0.717) is 12.8 Å². The topological polar surface area (TPSA) is 32.3 Å². The predicted molar refractivity (Wildman–Crippen MR) is 46.9 cm³/mol. The van der Waals surface area contributed by atoms with Crippen molar-refractivity contribution in [2.45, 2.75) is 37.5 Å². The first kappa shape index (κ1) is 11.8. The molecule has 1 aliphatic carbocycles. The van der Waals surface area contributed by atoms with E-state index in [1.54, 1.807) is 7.05 Å². The van der Waals surface area contributed by atoms with Crippen molar-refractivity contribution in [2.75, 3.05) is 13.6 Å². The van der Waals surface area contributed by atoms with Crippen LogP contribution in [0.5, 0.6) is 0 Å². The third-order valence-electron chi connectivity index (χ3n) is 2.95. The molecule has 1 rings (SSSR count). The Morgan fingerprint density at radius 1 is 1.36 bits per heavy atom. The highest BCUT2D eigenvalue weighted by atomic mass is 19.4. The lowest BCUT2D eigenvalue weighted by Crippen LogP contribution is -2.48. The number of hydrogen-bond acceptors (Lipinski definition) is 2. The smallest absolute Gasteiger partial charge is 0.380 e. The summed E-state index contributed by atoms with van der Waals surface area (Å²) in [6, 6.07) is 0. The first-order valence-corrected chi connectivity index (χ1v) is 4.83. The molecular weight excluding hydrogens is 195 g/mol. The predicted octanol–water partition coefficient (Wildman–Crippen LogP) is 1.69. The second kappa shape index (κ2) is 4.06. The van der Waals surface area contributed by atoms with Crippen LogP contribution in [0.2, 0.25) is 0 Å². The van der Waals surface area contributed by atoms with Crippen LogP contribution in [0.1, 0.15) is 25.7 Å². The van der Waals surface area contributed by atoms with Crippen LogP contribution >= 0.6 is 0 Å². The molecule has 0 spiro atoms. The van der Waals surface area contributed by atoms with Gasteiger partial charge in [0.05, 0.1) is 0 Å². The van der Waals surface area contributed by atoms with Gasteiger partial charge in [-0.1, -0.05) is 0 Å². The summed E-state index contributed by atoms with van der Waals surface area (Å²) >= 11 is 0. The van der Waals surface area contributed by atoms with E-state index in [1.165, 1.54) is 0 Å². The van der Waals surface area contributed by atoms with Crippen molar-refractivity contribution in [1.29, 1.82) is 0 Å². The van der Waals surface area contributed by atoms with Gasteiger partial charge < -0.3 is 10.4 Å². The van der Waals surface area contributed by atoms with E-state index in [0.717, 1.165) is 6.54 Å². The molecule has 84 valence electrons. The van der Waals surface area contributed by atoms with E-state index >= 15 is 0 Å². The first-order valence-electron chi connectivity index (χ1n) is 4.83. The molecule has 1 fully saturated rings. The summed E-state index contributed by atoms with van der Waals surface area (Å²) in [4.78, 5) is 0. The molecule has 0 aliphatic heterocycles. The Morgan fingerprint density at radius 2 is 1.86 bits per heavy atom. The highest BCUT2D eigenvalue weighted by molar-refractivity contribution is 4.91. The molecule has 5 heteroatoms. The van der Waals surface area contributed by atoms with Crippen LogP contribution in [-0.4, -0.2) is 30.5 Å². The van der Waals surface area contributed by atoms with Gasteiger partial charge in [-0.2, -0.15) is 13.2 Å². The summed E-state index contributed by atoms with van der Waals surface area (Å²) in [6.45, 7) is 0.730. The molecule has 0 amide bonds. The first-order chi connectivity index (χ1) is 6.39. The molecule has 1 saturated carbocycles. The minimum Gasteiger partial charge on any atom is -0.380 e. The zero-order chi connectivity index (χ0) is 10.8. The Morgan fingerprint density at radius 3 is 2.21 bits per heavy atom. The van der Waals surface area contributed by atoms with Crippen molar-refractivity contribution >= 4 is 0 Å². The third-order valence-corrected chi connectivity index (χ3v) is 2.95. The number of hydrogen-bond donors (Lipinski definition) is 2. The second-order valence-electron chi connectivity index (χ2n) is 4.03. The molecule has 0 bridgehead atoms. The number of rotatable bonds is 2. The van der Waals surface area contributed by atoms with Crippen molar-refractivity contribution in [3.63, 3.8) is 0 Å². The van der Waals surface area contributed by atoms with Gasteiger partial charge in [-0.15, -0.1) is 0 Å². The highest BCUT2D eigenvalue weighted by Gasteiger charge is 2.54. The van der Waals surface area contributed by atoms with Gasteiger partial charge >= 0.3 is 6.18 Å². The molecule has 0 aromatic carbocycles. The molecule has 14 heavy (non-hydrogen) atoms. The minimum atomic E-state index is -4.47. The van der Waals surface area contributed by atoms with Gasteiger partial charge in [-0.3, -0.25) is 0 Å². The number of alkyl halides is 3. The van der Waals surface area contributed by atoms with Crippen molar-refractivity contribution in [3.05, 3.63) is 0 Å². The van der Waals surface area contributed by atoms with E-state index in [4.69, 9.17) is 0 Å². The minimum absolute atomic E-state index is 0.164. The molecule has 0 heterocycles. The Kier molecular flexibility index (Phi) is 3.42. The molecular formula is C9H16F3NO. The summed E-state index contributed by atoms with van der Waals surface area (Å²) in [7, 11) is 1.78. The average Bonchev–Trinajstić information content (AvgIpc) is 2.08. The lowest BCUT2D eigenvalue weighted by molar-refractivity contribution is -0.271. The van der Waals surface area contributed by atoms with Gasteiger partial charge in [0.2, 0.25) is 0 Å². The van der Waals surface area contributed by atoms with Gasteiger partial charge in [-0.25, -0.2) is 0 Å². The molecule has 0 unspecified atom stereocenters.